The Kier molecular flexibility index (Phi) is 8.83. The van der Waals surface area contributed by atoms with Crippen LogP contribution in [0.5, 0.6) is 0 Å². The molecule has 0 saturated heterocycles. The molecule has 3 heteroatoms. The van der Waals surface area contributed by atoms with Crippen molar-refractivity contribution < 1.29 is 0 Å². The smallest absolute Gasteiger partial charge is 0.164 e. The van der Waals surface area contributed by atoms with Crippen molar-refractivity contribution in [3.05, 3.63) is 217 Å². The van der Waals surface area contributed by atoms with Gasteiger partial charge in [-0.1, -0.05) is 187 Å². The first-order valence-corrected chi connectivity index (χ1v) is 18.0. The van der Waals surface area contributed by atoms with E-state index in [2.05, 4.69) is 139 Å². The van der Waals surface area contributed by atoms with Gasteiger partial charge in [-0.2, -0.15) is 0 Å². The van der Waals surface area contributed by atoms with Crippen LogP contribution in [-0.4, -0.2) is 15.0 Å². The monoisotopic (exact) mass is 687 g/mol. The molecule has 0 saturated carbocycles. The van der Waals surface area contributed by atoms with Crippen molar-refractivity contribution >= 4 is 5.57 Å². The second-order valence-corrected chi connectivity index (χ2v) is 13.0. The van der Waals surface area contributed by atoms with Gasteiger partial charge in [0.05, 0.1) is 0 Å². The topological polar surface area (TPSA) is 38.7 Å². The molecule has 0 spiro atoms. The summed E-state index contributed by atoms with van der Waals surface area (Å²) in [4.78, 5) is 14.9. The highest BCUT2D eigenvalue weighted by Crippen LogP contribution is 2.49. The highest BCUT2D eigenvalue weighted by atomic mass is 15.0. The maximum atomic E-state index is 4.99. The fraction of sp³-hybridized carbons (Fsp3) is 0. The number of hydrogen-bond acceptors (Lipinski definition) is 3. The average Bonchev–Trinajstić information content (AvgIpc) is 3.27. The molecule has 0 aliphatic heterocycles. The lowest BCUT2D eigenvalue weighted by Gasteiger charge is -2.25. The maximum Gasteiger partial charge on any atom is 0.164 e. The van der Waals surface area contributed by atoms with E-state index in [9.17, 15) is 0 Å². The summed E-state index contributed by atoms with van der Waals surface area (Å²) < 4.78 is 0. The van der Waals surface area contributed by atoms with Crippen molar-refractivity contribution in [1.29, 1.82) is 0 Å². The highest BCUT2D eigenvalue weighted by molar-refractivity contribution is 6.06. The van der Waals surface area contributed by atoms with E-state index in [1.165, 1.54) is 5.56 Å². The lowest BCUT2D eigenvalue weighted by Crippen LogP contribution is -2.01. The van der Waals surface area contributed by atoms with Crippen LogP contribution >= 0.6 is 0 Å². The molecule has 0 radical (unpaired) electrons. The summed E-state index contributed by atoms with van der Waals surface area (Å²) in [5, 5.41) is 0. The van der Waals surface area contributed by atoms with Gasteiger partial charge in [0, 0.05) is 16.7 Å². The molecule has 0 atom stereocenters. The first kappa shape index (κ1) is 32.5. The van der Waals surface area contributed by atoms with E-state index in [4.69, 9.17) is 15.0 Å². The molecule has 54 heavy (non-hydrogen) atoms. The van der Waals surface area contributed by atoms with E-state index in [0.29, 0.717) is 17.5 Å². The molecule has 0 bridgehead atoms. The van der Waals surface area contributed by atoms with E-state index in [1.807, 2.05) is 72.8 Å². The van der Waals surface area contributed by atoms with Crippen molar-refractivity contribution in [3.8, 4) is 78.7 Å². The molecule has 3 nitrogen and oxygen atoms in total. The van der Waals surface area contributed by atoms with Gasteiger partial charge in [0.2, 0.25) is 0 Å². The standard InChI is InChI=1S/C51H33N3/c1-7-19-36(20-8-1)44-35-45(47(39-23-11-3-12-24-39)48(40-25-13-4-14-26-40)46(44)38-21-9-2-10-22-38)37-31-33-43(34-32-37)51-53-49(41-27-15-5-16-28-41)52-50(54-51)42-29-17-6-18-30-42/h1,3-9,11-35H. The number of aromatic nitrogens is 3. The van der Waals surface area contributed by atoms with Gasteiger partial charge in [-0.25, -0.2) is 15.0 Å². The van der Waals surface area contributed by atoms with Crippen LogP contribution in [0.2, 0.25) is 0 Å². The van der Waals surface area contributed by atoms with Gasteiger partial charge < -0.3 is 0 Å². The van der Waals surface area contributed by atoms with Gasteiger partial charge >= 0.3 is 0 Å². The largest absolute Gasteiger partial charge is 0.208 e. The Hall–Kier alpha value is -7.41. The fourth-order valence-corrected chi connectivity index (χ4v) is 7.09. The third kappa shape index (κ3) is 6.45. The Morgan fingerprint density at radius 1 is 0.315 bits per heavy atom. The summed E-state index contributed by atoms with van der Waals surface area (Å²) in [5.74, 6) is 1.91. The Balaban J connectivity index is 1.28. The SMILES string of the molecule is C1=C=CC(c2c(-c3ccccc3)cc(-c3ccc(-c4nc(-c5ccccc5)nc(-c5ccccc5)n4)cc3)c(-c3ccccc3)c2-c2ccccc2)=CC=1. The Morgan fingerprint density at radius 3 is 1.15 bits per heavy atom. The van der Waals surface area contributed by atoms with Crippen molar-refractivity contribution in [1.82, 2.24) is 15.0 Å². The van der Waals surface area contributed by atoms with Crippen molar-refractivity contribution in [2.24, 2.45) is 0 Å². The van der Waals surface area contributed by atoms with Crippen molar-refractivity contribution in [2.45, 2.75) is 0 Å². The maximum absolute atomic E-state index is 4.99. The summed E-state index contributed by atoms with van der Waals surface area (Å²) in [6, 6.07) is 63.3. The predicted octanol–water partition coefficient (Wildman–Crippen LogP) is 12.8. The lowest BCUT2D eigenvalue weighted by atomic mass is 9.78. The van der Waals surface area contributed by atoms with Gasteiger partial charge in [0.25, 0.3) is 0 Å². The zero-order chi connectivity index (χ0) is 36.1. The molecule has 1 heterocycles. The van der Waals surface area contributed by atoms with Crippen LogP contribution in [-0.2, 0) is 0 Å². The normalized spacial score (nSPS) is 11.7. The molecule has 0 N–H and O–H groups in total. The van der Waals surface area contributed by atoms with Gasteiger partial charge in [-0.05, 0) is 79.9 Å². The number of rotatable bonds is 8. The predicted molar refractivity (Wildman–Crippen MR) is 222 cm³/mol. The Morgan fingerprint density at radius 2 is 0.685 bits per heavy atom. The van der Waals surface area contributed by atoms with Crippen LogP contribution in [0.15, 0.2) is 212 Å². The highest BCUT2D eigenvalue weighted by Gasteiger charge is 2.24. The van der Waals surface area contributed by atoms with E-state index in [0.717, 1.165) is 66.8 Å². The third-order valence-corrected chi connectivity index (χ3v) is 9.64. The van der Waals surface area contributed by atoms with Crippen LogP contribution in [0.3, 0.4) is 0 Å². The van der Waals surface area contributed by atoms with Crippen LogP contribution in [0.25, 0.3) is 84.2 Å². The van der Waals surface area contributed by atoms with Crippen LogP contribution < -0.4 is 0 Å². The molecule has 0 fully saturated rings. The second kappa shape index (κ2) is 14.7. The molecule has 9 rings (SSSR count). The molecule has 252 valence electrons. The molecular weight excluding hydrogens is 655 g/mol. The van der Waals surface area contributed by atoms with Crippen LogP contribution in [0.1, 0.15) is 5.56 Å². The van der Waals surface area contributed by atoms with E-state index < -0.39 is 0 Å². The van der Waals surface area contributed by atoms with Gasteiger partial charge in [-0.15, -0.1) is 0 Å². The first-order valence-electron chi connectivity index (χ1n) is 18.0. The Bertz CT molecular complexity index is 2670. The average molecular weight is 688 g/mol. The number of hydrogen-bond donors (Lipinski definition) is 0. The zero-order valence-corrected chi connectivity index (χ0v) is 29.4. The molecule has 0 amide bonds. The summed E-state index contributed by atoms with van der Waals surface area (Å²) in [6.45, 7) is 0. The molecule has 1 aliphatic carbocycles. The minimum atomic E-state index is 0.625. The second-order valence-electron chi connectivity index (χ2n) is 13.0. The zero-order valence-electron chi connectivity index (χ0n) is 29.4. The first-order chi connectivity index (χ1) is 26.8. The molecule has 8 aromatic rings. The number of benzene rings is 7. The van der Waals surface area contributed by atoms with E-state index in [1.54, 1.807) is 0 Å². The fourth-order valence-electron chi connectivity index (χ4n) is 7.09. The summed E-state index contributed by atoms with van der Waals surface area (Å²) in [6.07, 6.45) is 6.12. The van der Waals surface area contributed by atoms with Crippen molar-refractivity contribution in [3.63, 3.8) is 0 Å². The van der Waals surface area contributed by atoms with Crippen LogP contribution in [0, 0.1) is 0 Å². The van der Waals surface area contributed by atoms with Crippen molar-refractivity contribution in [2.75, 3.05) is 0 Å². The van der Waals surface area contributed by atoms with Gasteiger partial charge in [0.15, 0.2) is 17.5 Å². The Labute approximate surface area is 315 Å². The third-order valence-electron chi connectivity index (χ3n) is 9.64. The van der Waals surface area contributed by atoms with E-state index >= 15 is 0 Å². The molecule has 7 aromatic carbocycles. The number of allylic oxidation sites excluding steroid dienone is 4. The molecule has 1 aliphatic rings. The molecule has 0 unspecified atom stereocenters. The van der Waals surface area contributed by atoms with Gasteiger partial charge in [-0.3, -0.25) is 0 Å². The minimum Gasteiger partial charge on any atom is -0.208 e. The quantitative estimate of drug-likeness (QED) is 0.149. The number of nitrogens with zero attached hydrogens (tertiary/aromatic N) is 3. The summed E-state index contributed by atoms with van der Waals surface area (Å²) in [5.41, 5.74) is 20.5. The van der Waals surface area contributed by atoms with E-state index in [-0.39, 0.29) is 0 Å². The summed E-state index contributed by atoms with van der Waals surface area (Å²) in [7, 11) is 0. The molecular formula is C51H33N3. The molecule has 1 aromatic heterocycles. The minimum absolute atomic E-state index is 0.625. The van der Waals surface area contributed by atoms with Gasteiger partial charge in [0.1, 0.15) is 0 Å². The lowest BCUT2D eigenvalue weighted by molar-refractivity contribution is 1.07. The van der Waals surface area contributed by atoms with Crippen LogP contribution in [0.4, 0.5) is 0 Å². The summed E-state index contributed by atoms with van der Waals surface area (Å²) >= 11 is 0.